The molecular formula is C12H23NO. The zero-order chi connectivity index (χ0) is 10.1. The molecule has 2 fully saturated rings. The molecule has 2 aliphatic carbocycles. The van der Waals surface area contributed by atoms with E-state index in [0.717, 1.165) is 24.7 Å². The number of aliphatic hydroxyl groups excluding tert-OH is 1. The van der Waals surface area contributed by atoms with Gasteiger partial charge in [0.2, 0.25) is 0 Å². The Morgan fingerprint density at radius 2 is 1.64 bits per heavy atom. The summed E-state index contributed by atoms with van der Waals surface area (Å²) in [6.07, 6.45) is 6.05. The van der Waals surface area contributed by atoms with Crippen molar-refractivity contribution >= 4 is 0 Å². The van der Waals surface area contributed by atoms with Gasteiger partial charge in [-0.2, -0.15) is 0 Å². The molecule has 2 unspecified atom stereocenters. The molecule has 0 aromatic carbocycles. The van der Waals surface area contributed by atoms with Crippen molar-refractivity contribution in [2.45, 2.75) is 64.1 Å². The van der Waals surface area contributed by atoms with Crippen molar-refractivity contribution in [3.63, 3.8) is 0 Å². The van der Waals surface area contributed by atoms with Crippen LogP contribution in [0.3, 0.4) is 0 Å². The van der Waals surface area contributed by atoms with E-state index in [1.807, 2.05) is 0 Å². The highest BCUT2D eigenvalue weighted by Gasteiger charge is 2.34. The molecule has 2 nitrogen and oxygen atoms in total. The summed E-state index contributed by atoms with van der Waals surface area (Å²) >= 11 is 0. The van der Waals surface area contributed by atoms with E-state index in [4.69, 9.17) is 0 Å². The highest BCUT2D eigenvalue weighted by molar-refractivity contribution is 4.91. The van der Waals surface area contributed by atoms with E-state index in [0.29, 0.717) is 12.1 Å². The lowest BCUT2D eigenvalue weighted by atomic mass is 9.77. The topological polar surface area (TPSA) is 32.3 Å². The van der Waals surface area contributed by atoms with E-state index in [1.54, 1.807) is 0 Å². The number of aliphatic hydroxyl groups is 1. The highest BCUT2D eigenvalue weighted by Crippen LogP contribution is 2.31. The van der Waals surface area contributed by atoms with Crippen molar-refractivity contribution in [2.24, 2.45) is 11.8 Å². The first-order valence-corrected chi connectivity index (χ1v) is 6.11. The molecule has 0 amide bonds. The first-order chi connectivity index (χ1) is 6.66. The third-order valence-corrected chi connectivity index (χ3v) is 4.09. The summed E-state index contributed by atoms with van der Waals surface area (Å²) in [5.74, 6) is 1.63. The smallest absolute Gasteiger partial charge is 0.0570 e. The fourth-order valence-electron chi connectivity index (χ4n) is 3.01. The zero-order valence-electron chi connectivity index (χ0n) is 9.37. The molecular weight excluding hydrogens is 174 g/mol. The Bertz CT molecular complexity index is 179. The van der Waals surface area contributed by atoms with E-state index in [9.17, 15) is 5.11 Å². The third-order valence-electron chi connectivity index (χ3n) is 4.09. The molecule has 0 heterocycles. The molecule has 0 aromatic rings. The average molecular weight is 197 g/mol. The molecule has 2 N–H and O–H groups in total. The predicted molar refractivity (Wildman–Crippen MR) is 58.1 cm³/mol. The van der Waals surface area contributed by atoms with Gasteiger partial charge in [-0.25, -0.2) is 0 Å². The van der Waals surface area contributed by atoms with Gasteiger partial charge >= 0.3 is 0 Å². The van der Waals surface area contributed by atoms with Gasteiger partial charge in [0.05, 0.1) is 6.10 Å². The second-order valence-electron chi connectivity index (χ2n) is 5.40. The molecule has 0 radical (unpaired) electrons. The summed E-state index contributed by atoms with van der Waals surface area (Å²) in [5, 5.41) is 13.0. The molecule has 0 saturated heterocycles. The van der Waals surface area contributed by atoms with Crippen LogP contribution in [-0.4, -0.2) is 23.3 Å². The minimum absolute atomic E-state index is 0.0262. The van der Waals surface area contributed by atoms with E-state index in [2.05, 4.69) is 19.2 Å². The Morgan fingerprint density at radius 3 is 2.14 bits per heavy atom. The average Bonchev–Trinajstić information content (AvgIpc) is 2.08. The molecule has 0 bridgehead atoms. The van der Waals surface area contributed by atoms with Crippen molar-refractivity contribution in [1.29, 1.82) is 0 Å². The largest absolute Gasteiger partial charge is 0.393 e. The maximum Gasteiger partial charge on any atom is 0.0570 e. The van der Waals surface area contributed by atoms with Gasteiger partial charge in [0.15, 0.2) is 0 Å². The van der Waals surface area contributed by atoms with Gasteiger partial charge in [-0.1, -0.05) is 20.3 Å². The van der Waals surface area contributed by atoms with Gasteiger partial charge in [-0.15, -0.1) is 0 Å². The molecule has 82 valence electrons. The van der Waals surface area contributed by atoms with Gasteiger partial charge in [0.25, 0.3) is 0 Å². The number of nitrogens with one attached hydrogen (secondary N) is 1. The molecule has 14 heavy (non-hydrogen) atoms. The van der Waals surface area contributed by atoms with Crippen LogP contribution < -0.4 is 5.32 Å². The fourth-order valence-corrected chi connectivity index (χ4v) is 3.01. The van der Waals surface area contributed by atoms with Crippen LogP contribution >= 0.6 is 0 Å². The van der Waals surface area contributed by atoms with Gasteiger partial charge in [0.1, 0.15) is 0 Å². The standard InChI is InChI=1S/C12H23NO/c1-8-4-3-5-9(2)12(8)13-10-6-11(14)7-10/h8-14H,3-7H2,1-2H3. The lowest BCUT2D eigenvalue weighted by Gasteiger charge is -2.42. The van der Waals surface area contributed by atoms with Crippen molar-refractivity contribution < 1.29 is 5.11 Å². The van der Waals surface area contributed by atoms with Crippen LogP contribution in [0, 0.1) is 11.8 Å². The molecule has 0 spiro atoms. The minimum atomic E-state index is -0.0262. The summed E-state index contributed by atoms with van der Waals surface area (Å²) in [4.78, 5) is 0. The normalized spacial score (nSPS) is 48.6. The van der Waals surface area contributed by atoms with Crippen LogP contribution in [0.1, 0.15) is 46.0 Å². The van der Waals surface area contributed by atoms with Crippen LogP contribution in [0.4, 0.5) is 0 Å². The van der Waals surface area contributed by atoms with Crippen molar-refractivity contribution in [1.82, 2.24) is 5.32 Å². The molecule has 0 aromatic heterocycles. The summed E-state index contributed by atoms with van der Waals surface area (Å²) in [5.41, 5.74) is 0. The van der Waals surface area contributed by atoms with Crippen LogP contribution in [-0.2, 0) is 0 Å². The van der Waals surface area contributed by atoms with Crippen LogP contribution in [0.2, 0.25) is 0 Å². The Kier molecular flexibility index (Phi) is 3.13. The first kappa shape index (κ1) is 10.4. The van der Waals surface area contributed by atoms with Crippen LogP contribution in [0.5, 0.6) is 0 Å². The van der Waals surface area contributed by atoms with Gasteiger partial charge < -0.3 is 10.4 Å². The maximum absolute atomic E-state index is 9.24. The van der Waals surface area contributed by atoms with Gasteiger partial charge in [0, 0.05) is 12.1 Å². The number of hydrogen-bond acceptors (Lipinski definition) is 2. The van der Waals surface area contributed by atoms with E-state index < -0.39 is 0 Å². The SMILES string of the molecule is CC1CCCC(C)C1NC1CC(O)C1. The predicted octanol–water partition coefficient (Wildman–Crippen LogP) is 1.92. The van der Waals surface area contributed by atoms with Crippen molar-refractivity contribution in [2.75, 3.05) is 0 Å². The fraction of sp³-hybridized carbons (Fsp3) is 1.00. The minimum Gasteiger partial charge on any atom is -0.393 e. The molecule has 2 atom stereocenters. The lowest BCUT2D eigenvalue weighted by molar-refractivity contribution is 0.0448. The van der Waals surface area contributed by atoms with Crippen LogP contribution in [0.25, 0.3) is 0 Å². The molecule has 2 rings (SSSR count). The number of rotatable bonds is 2. The monoisotopic (exact) mass is 197 g/mol. The van der Waals surface area contributed by atoms with Crippen LogP contribution in [0.15, 0.2) is 0 Å². The summed E-state index contributed by atoms with van der Waals surface area (Å²) in [7, 11) is 0. The van der Waals surface area contributed by atoms with Crippen molar-refractivity contribution in [3.8, 4) is 0 Å². The molecule has 2 heteroatoms. The van der Waals surface area contributed by atoms with Gasteiger partial charge in [-0.3, -0.25) is 0 Å². The van der Waals surface area contributed by atoms with Crippen molar-refractivity contribution in [3.05, 3.63) is 0 Å². The summed E-state index contributed by atoms with van der Waals surface area (Å²) < 4.78 is 0. The maximum atomic E-state index is 9.24. The molecule has 2 aliphatic rings. The number of hydrogen-bond donors (Lipinski definition) is 2. The van der Waals surface area contributed by atoms with E-state index in [1.165, 1.54) is 19.3 Å². The van der Waals surface area contributed by atoms with E-state index >= 15 is 0 Å². The third kappa shape index (κ3) is 2.12. The Labute approximate surface area is 87.1 Å². The summed E-state index contributed by atoms with van der Waals surface area (Å²) in [6, 6.07) is 1.29. The lowest BCUT2D eigenvalue weighted by Crippen LogP contribution is -2.53. The summed E-state index contributed by atoms with van der Waals surface area (Å²) in [6.45, 7) is 4.73. The Balaban J connectivity index is 1.82. The second-order valence-corrected chi connectivity index (χ2v) is 5.40. The zero-order valence-corrected chi connectivity index (χ0v) is 9.37. The molecule has 0 aliphatic heterocycles. The first-order valence-electron chi connectivity index (χ1n) is 6.11. The Hall–Kier alpha value is -0.0800. The quantitative estimate of drug-likeness (QED) is 0.709. The molecule has 2 saturated carbocycles. The van der Waals surface area contributed by atoms with E-state index in [-0.39, 0.29) is 6.10 Å². The highest BCUT2D eigenvalue weighted by atomic mass is 16.3. The van der Waals surface area contributed by atoms with Gasteiger partial charge in [-0.05, 0) is 37.5 Å². The Morgan fingerprint density at radius 1 is 1.07 bits per heavy atom. The second kappa shape index (κ2) is 4.19.